The van der Waals surface area contributed by atoms with Crippen LogP contribution in [0.2, 0.25) is 5.15 Å². The van der Waals surface area contributed by atoms with Gasteiger partial charge < -0.3 is 9.47 Å². The fraction of sp³-hybridized carbons (Fsp3) is 0.0833. The molecule has 0 fully saturated rings. The number of para-hydroxylation sites is 1. The summed E-state index contributed by atoms with van der Waals surface area (Å²) in [6.45, 7) is 0. The van der Waals surface area contributed by atoms with E-state index in [0.29, 0.717) is 22.4 Å². The number of methoxy groups -OCH3 is 2. The summed E-state index contributed by atoms with van der Waals surface area (Å²) >= 11 is 5.66. The van der Waals surface area contributed by atoms with Crippen molar-refractivity contribution in [3.8, 4) is 28.1 Å². The van der Waals surface area contributed by atoms with Crippen LogP contribution in [-0.2, 0) is 9.47 Å². The Balaban J connectivity index is 1.88. The van der Waals surface area contributed by atoms with Gasteiger partial charge in [-0.05, 0) is 23.8 Å². The first-order valence-corrected chi connectivity index (χ1v) is 10.1. The van der Waals surface area contributed by atoms with Crippen molar-refractivity contribution in [3.05, 3.63) is 89.1 Å². The van der Waals surface area contributed by atoms with Gasteiger partial charge in [-0.15, -0.1) is 0 Å². The van der Waals surface area contributed by atoms with E-state index in [1.807, 2.05) is 6.07 Å². The maximum absolute atomic E-state index is 13.8. The Kier molecular flexibility index (Phi) is 6.19. The van der Waals surface area contributed by atoms with Crippen LogP contribution in [0.3, 0.4) is 0 Å². The van der Waals surface area contributed by atoms with E-state index >= 15 is 0 Å². The molecule has 7 nitrogen and oxygen atoms in total. The molecule has 33 heavy (non-hydrogen) atoms. The minimum atomic E-state index is -0.739. The number of hydrogen-bond acceptors (Lipinski definition) is 6. The molecule has 0 aliphatic heterocycles. The Morgan fingerprint density at radius 3 is 2.15 bits per heavy atom. The minimum absolute atomic E-state index is 0.0276. The van der Waals surface area contributed by atoms with Gasteiger partial charge in [-0.25, -0.2) is 23.6 Å². The van der Waals surface area contributed by atoms with Gasteiger partial charge in [-0.2, -0.15) is 5.10 Å². The zero-order chi connectivity index (χ0) is 23.5. The molecule has 0 radical (unpaired) electrons. The average Bonchev–Trinajstić information content (AvgIpc) is 3.26. The van der Waals surface area contributed by atoms with Crippen LogP contribution in [0.1, 0.15) is 20.8 Å². The number of ether oxygens (including phenoxy) is 2. The molecule has 0 spiro atoms. The van der Waals surface area contributed by atoms with Crippen LogP contribution in [0.5, 0.6) is 0 Å². The Bertz CT molecular complexity index is 1340. The van der Waals surface area contributed by atoms with E-state index in [1.54, 1.807) is 48.5 Å². The lowest BCUT2D eigenvalue weighted by atomic mass is 10.0. The number of aromatic nitrogens is 3. The van der Waals surface area contributed by atoms with E-state index in [2.05, 4.69) is 10.1 Å². The average molecular weight is 466 g/mol. The molecule has 0 bridgehead atoms. The van der Waals surface area contributed by atoms with Gasteiger partial charge in [0.25, 0.3) is 0 Å². The normalized spacial score (nSPS) is 10.7. The molecule has 2 aromatic heterocycles. The lowest BCUT2D eigenvalue weighted by Gasteiger charge is -2.07. The highest BCUT2D eigenvalue weighted by Gasteiger charge is 2.31. The van der Waals surface area contributed by atoms with E-state index in [0.717, 1.165) is 0 Å². The number of nitrogens with zero attached hydrogens (tertiary/aromatic N) is 3. The summed E-state index contributed by atoms with van der Waals surface area (Å²) in [5.74, 6) is -2.10. The van der Waals surface area contributed by atoms with E-state index in [-0.39, 0.29) is 22.1 Å². The number of benzene rings is 2. The van der Waals surface area contributed by atoms with Crippen molar-refractivity contribution in [2.45, 2.75) is 0 Å². The van der Waals surface area contributed by atoms with Crippen molar-refractivity contribution in [2.75, 3.05) is 14.2 Å². The van der Waals surface area contributed by atoms with Crippen molar-refractivity contribution in [1.29, 1.82) is 0 Å². The van der Waals surface area contributed by atoms with Crippen LogP contribution < -0.4 is 0 Å². The lowest BCUT2D eigenvalue weighted by Crippen LogP contribution is -2.15. The van der Waals surface area contributed by atoms with Crippen LogP contribution in [0.15, 0.2) is 66.9 Å². The molecule has 0 atom stereocenters. The van der Waals surface area contributed by atoms with Crippen molar-refractivity contribution < 1.29 is 23.5 Å². The van der Waals surface area contributed by atoms with Gasteiger partial charge in [0, 0.05) is 17.3 Å². The summed E-state index contributed by atoms with van der Waals surface area (Å²) in [5, 5.41) is 4.33. The second-order valence-corrected chi connectivity index (χ2v) is 7.23. The lowest BCUT2D eigenvalue weighted by molar-refractivity contribution is 0.0549. The molecule has 4 rings (SSSR count). The zero-order valence-corrected chi connectivity index (χ0v) is 18.3. The van der Waals surface area contributed by atoms with Gasteiger partial charge in [0.15, 0.2) is 16.7 Å². The molecule has 0 N–H and O–H groups in total. The second-order valence-electron chi connectivity index (χ2n) is 6.88. The monoisotopic (exact) mass is 465 g/mol. The molecule has 166 valence electrons. The largest absolute Gasteiger partial charge is 0.465 e. The van der Waals surface area contributed by atoms with Crippen LogP contribution in [0.4, 0.5) is 4.39 Å². The number of hydrogen-bond donors (Lipinski definition) is 0. The van der Waals surface area contributed by atoms with Crippen LogP contribution in [-0.4, -0.2) is 40.9 Å². The molecule has 9 heteroatoms. The molecular formula is C24H17ClFN3O4. The van der Waals surface area contributed by atoms with Gasteiger partial charge >= 0.3 is 11.9 Å². The fourth-order valence-electron chi connectivity index (χ4n) is 3.36. The highest BCUT2D eigenvalue weighted by Crippen LogP contribution is 2.31. The molecule has 0 unspecified atom stereocenters. The maximum atomic E-state index is 13.8. The topological polar surface area (TPSA) is 83.3 Å². The SMILES string of the molecule is COC(=O)c1c(-c2ccc(-c3cnc(Cl)c(F)c3)cc2)nn(-c2ccccc2)c1C(=O)OC. The highest BCUT2D eigenvalue weighted by molar-refractivity contribution is 6.29. The number of carbonyl (C=O) groups excluding carboxylic acids is 2. The Hall–Kier alpha value is -4.04. The summed E-state index contributed by atoms with van der Waals surface area (Å²) in [4.78, 5) is 29.2. The van der Waals surface area contributed by atoms with Crippen molar-refractivity contribution in [1.82, 2.24) is 14.8 Å². The number of halogens is 2. The third-order valence-corrected chi connectivity index (χ3v) is 5.22. The van der Waals surface area contributed by atoms with Crippen LogP contribution in [0.25, 0.3) is 28.1 Å². The molecule has 0 saturated heterocycles. The summed E-state index contributed by atoms with van der Waals surface area (Å²) in [5.41, 5.74) is 2.46. The fourth-order valence-corrected chi connectivity index (χ4v) is 3.46. The first-order valence-electron chi connectivity index (χ1n) is 9.71. The van der Waals surface area contributed by atoms with E-state index in [9.17, 15) is 14.0 Å². The maximum Gasteiger partial charge on any atom is 0.357 e. The van der Waals surface area contributed by atoms with Crippen molar-refractivity contribution in [2.24, 2.45) is 0 Å². The predicted octanol–water partition coefficient (Wildman–Crippen LogP) is 4.97. The Labute approximate surface area is 193 Å². The molecule has 2 aromatic carbocycles. The predicted molar refractivity (Wildman–Crippen MR) is 120 cm³/mol. The quantitative estimate of drug-likeness (QED) is 0.306. The Morgan fingerprint density at radius 1 is 0.909 bits per heavy atom. The molecule has 0 aliphatic rings. The van der Waals surface area contributed by atoms with Gasteiger partial charge in [0.2, 0.25) is 0 Å². The third kappa shape index (κ3) is 4.20. The smallest absolute Gasteiger partial charge is 0.357 e. The Morgan fingerprint density at radius 2 is 1.55 bits per heavy atom. The van der Waals surface area contributed by atoms with E-state index in [1.165, 1.54) is 31.2 Å². The van der Waals surface area contributed by atoms with Gasteiger partial charge in [0.1, 0.15) is 11.3 Å². The minimum Gasteiger partial charge on any atom is -0.465 e. The number of pyridine rings is 1. The van der Waals surface area contributed by atoms with Gasteiger partial charge in [0.05, 0.1) is 19.9 Å². The number of rotatable bonds is 5. The molecule has 0 aliphatic carbocycles. The summed E-state index contributed by atoms with van der Waals surface area (Å²) in [6, 6.07) is 17.0. The van der Waals surface area contributed by atoms with Crippen molar-refractivity contribution in [3.63, 3.8) is 0 Å². The first kappa shape index (κ1) is 22.2. The molecule has 2 heterocycles. The molecular weight excluding hydrogens is 449 g/mol. The summed E-state index contributed by atoms with van der Waals surface area (Å²) in [6.07, 6.45) is 1.46. The zero-order valence-electron chi connectivity index (χ0n) is 17.6. The summed E-state index contributed by atoms with van der Waals surface area (Å²) < 4.78 is 25.0. The first-order chi connectivity index (χ1) is 15.9. The standard InChI is InChI=1S/C24H17ClFN3O4/c1-32-23(30)19-20(28-29(21(19)24(31)33-2)17-6-4-3-5-7-17)15-10-8-14(9-11-15)16-12-18(26)22(25)27-13-16/h3-13H,1-2H3. The number of carbonyl (C=O) groups is 2. The molecule has 0 saturated carbocycles. The van der Waals surface area contributed by atoms with Crippen LogP contribution >= 0.6 is 11.6 Å². The molecule has 0 amide bonds. The van der Waals surface area contributed by atoms with Gasteiger partial charge in [-0.1, -0.05) is 54.1 Å². The number of esters is 2. The summed E-state index contributed by atoms with van der Waals surface area (Å²) in [7, 11) is 2.44. The van der Waals surface area contributed by atoms with E-state index < -0.39 is 17.8 Å². The second kappa shape index (κ2) is 9.22. The third-order valence-electron chi connectivity index (χ3n) is 4.94. The highest BCUT2D eigenvalue weighted by atomic mass is 35.5. The van der Waals surface area contributed by atoms with E-state index in [4.69, 9.17) is 21.1 Å². The molecule has 4 aromatic rings. The van der Waals surface area contributed by atoms with Crippen molar-refractivity contribution >= 4 is 23.5 Å². The van der Waals surface area contributed by atoms with Gasteiger partial charge in [-0.3, -0.25) is 0 Å². The van der Waals surface area contributed by atoms with Crippen LogP contribution in [0, 0.1) is 5.82 Å².